The van der Waals surface area contributed by atoms with E-state index in [4.69, 9.17) is 9.47 Å². The lowest BCUT2D eigenvalue weighted by Crippen LogP contribution is -2.56. The number of carbonyl (C=O) groups excluding carboxylic acids is 2. The Kier molecular flexibility index (Phi) is 5.58. The molecule has 3 atom stereocenters. The molecule has 0 aromatic heterocycles. The molecule has 0 aliphatic carbocycles. The van der Waals surface area contributed by atoms with Gasteiger partial charge in [-0.25, -0.2) is 0 Å². The fourth-order valence-electron chi connectivity index (χ4n) is 3.11. The van der Waals surface area contributed by atoms with Gasteiger partial charge in [0.2, 0.25) is 11.8 Å². The predicted octanol–water partition coefficient (Wildman–Crippen LogP) is 0.411. The zero-order chi connectivity index (χ0) is 15.4. The Labute approximate surface area is 126 Å². The minimum absolute atomic E-state index is 0.0171. The topological polar surface area (TPSA) is 67.9 Å². The number of carbonyl (C=O) groups is 2. The summed E-state index contributed by atoms with van der Waals surface area (Å²) in [4.78, 5) is 25.4. The highest BCUT2D eigenvalue weighted by Crippen LogP contribution is 2.25. The fraction of sp³-hybridized carbons (Fsp3) is 0.867. The van der Waals surface area contributed by atoms with E-state index in [-0.39, 0.29) is 35.8 Å². The fourth-order valence-corrected chi connectivity index (χ4v) is 3.11. The second kappa shape index (κ2) is 7.22. The van der Waals surface area contributed by atoms with Gasteiger partial charge in [0.15, 0.2) is 0 Å². The van der Waals surface area contributed by atoms with Gasteiger partial charge >= 0.3 is 0 Å². The predicted molar refractivity (Wildman–Crippen MR) is 77.7 cm³/mol. The van der Waals surface area contributed by atoms with Crippen LogP contribution in [0.25, 0.3) is 0 Å². The normalized spacial score (nSPS) is 27.9. The molecule has 6 nitrogen and oxygen atoms in total. The summed E-state index contributed by atoms with van der Waals surface area (Å²) >= 11 is 0. The van der Waals surface area contributed by atoms with Crippen molar-refractivity contribution in [3.05, 3.63) is 0 Å². The second-order valence-electron chi connectivity index (χ2n) is 6.17. The number of nitrogens with zero attached hydrogens (tertiary/aromatic N) is 1. The van der Waals surface area contributed by atoms with Gasteiger partial charge in [0.1, 0.15) is 0 Å². The number of rotatable bonds is 5. The molecule has 2 fully saturated rings. The van der Waals surface area contributed by atoms with E-state index in [0.29, 0.717) is 26.3 Å². The maximum Gasteiger partial charge on any atom is 0.225 e. The van der Waals surface area contributed by atoms with Crippen LogP contribution in [0.15, 0.2) is 0 Å². The maximum atomic E-state index is 12.3. The van der Waals surface area contributed by atoms with E-state index in [1.54, 1.807) is 7.11 Å². The maximum absolute atomic E-state index is 12.3. The van der Waals surface area contributed by atoms with Crippen LogP contribution < -0.4 is 5.32 Å². The van der Waals surface area contributed by atoms with Gasteiger partial charge in [0, 0.05) is 51.6 Å². The van der Waals surface area contributed by atoms with Crippen molar-refractivity contribution in [2.45, 2.75) is 38.8 Å². The highest BCUT2D eigenvalue weighted by molar-refractivity contribution is 5.79. The second-order valence-corrected chi connectivity index (χ2v) is 6.17. The van der Waals surface area contributed by atoms with Crippen LogP contribution in [0.5, 0.6) is 0 Å². The smallest absolute Gasteiger partial charge is 0.225 e. The summed E-state index contributed by atoms with van der Waals surface area (Å²) in [6.07, 6.45) is 1.75. The number of amides is 2. The molecule has 0 aromatic rings. The standard InChI is InChI=1S/C15H26N2O4/c1-10(15(19)17-7-13(8-17)20-3)6-12-9-21-5-4-14(12)16-11(2)18/h10,12-14H,4-9H2,1-3H3,(H,16,18). The van der Waals surface area contributed by atoms with Crippen molar-refractivity contribution in [3.63, 3.8) is 0 Å². The zero-order valence-corrected chi connectivity index (χ0v) is 13.1. The lowest BCUT2D eigenvalue weighted by atomic mass is 9.86. The van der Waals surface area contributed by atoms with Crippen LogP contribution in [0.2, 0.25) is 0 Å². The van der Waals surface area contributed by atoms with Crippen LogP contribution in [0.1, 0.15) is 26.7 Å². The summed E-state index contributed by atoms with van der Waals surface area (Å²) in [7, 11) is 1.67. The highest BCUT2D eigenvalue weighted by atomic mass is 16.5. The molecular formula is C15H26N2O4. The Morgan fingerprint density at radius 1 is 1.43 bits per heavy atom. The highest BCUT2D eigenvalue weighted by Gasteiger charge is 2.35. The van der Waals surface area contributed by atoms with Crippen molar-refractivity contribution >= 4 is 11.8 Å². The van der Waals surface area contributed by atoms with E-state index in [1.165, 1.54) is 6.92 Å². The Balaban J connectivity index is 1.83. The molecule has 21 heavy (non-hydrogen) atoms. The molecule has 0 spiro atoms. The van der Waals surface area contributed by atoms with Crippen molar-refractivity contribution in [1.82, 2.24) is 10.2 Å². The Morgan fingerprint density at radius 2 is 2.14 bits per heavy atom. The molecule has 2 amide bonds. The van der Waals surface area contributed by atoms with Crippen LogP contribution >= 0.6 is 0 Å². The minimum Gasteiger partial charge on any atom is -0.381 e. The molecule has 0 saturated carbocycles. The Hall–Kier alpha value is -1.14. The van der Waals surface area contributed by atoms with Gasteiger partial charge in [-0.1, -0.05) is 6.92 Å². The average molecular weight is 298 g/mol. The first-order valence-electron chi connectivity index (χ1n) is 7.67. The van der Waals surface area contributed by atoms with Gasteiger partial charge in [-0.05, 0) is 12.8 Å². The van der Waals surface area contributed by atoms with E-state index in [2.05, 4.69) is 5.32 Å². The van der Waals surface area contributed by atoms with Crippen molar-refractivity contribution in [2.24, 2.45) is 11.8 Å². The largest absolute Gasteiger partial charge is 0.381 e. The first-order chi connectivity index (χ1) is 10.0. The number of methoxy groups -OCH3 is 1. The molecule has 2 rings (SSSR count). The summed E-state index contributed by atoms with van der Waals surface area (Å²) in [6, 6.07) is 0.120. The van der Waals surface area contributed by atoms with E-state index in [0.717, 1.165) is 12.8 Å². The lowest BCUT2D eigenvalue weighted by Gasteiger charge is -2.40. The van der Waals surface area contributed by atoms with E-state index in [9.17, 15) is 9.59 Å². The van der Waals surface area contributed by atoms with Crippen LogP contribution in [-0.4, -0.2) is 62.3 Å². The number of ether oxygens (including phenoxy) is 2. The SMILES string of the molecule is COC1CN(C(=O)C(C)CC2COCCC2NC(C)=O)C1. The van der Waals surface area contributed by atoms with Gasteiger partial charge in [-0.15, -0.1) is 0 Å². The minimum atomic E-state index is -0.0502. The Morgan fingerprint density at radius 3 is 2.76 bits per heavy atom. The molecule has 1 N–H and O–H groups in total. The molecule has 2 heterocycles. The third-order valence-corrected chi connectivity index (χ3v) is 4.43. The molecular weight excluding hydrogens is 272 g/mol. The van der Waals surface area contributed by atoms with E-state index in [1.807, 2.05) is 11.8 Å². The summed E-state index contributed by atoms with van der Waals surface area (Å²) in [5.74, 6) is 0.318. The van der Waals surface area contributed by atoms with Gasteiger partial charge < -0.3 is 19.7 Å². The third-order valence-electron chi connectivity index (χ3n) is 4.43. The number of hydrogen-bond donors (Lipinski definition) is 1. The van der Waals surface area contributed by atoms with E-state index < -0.39 is 0 Å². The molecule has 0 aromatic carbocycles. The molecule has 120 valence electrons. The van der Waals surface area contributed by atoms with E-state index >= 15 is 0 Å². The molecule has 2 aliphatic heterocycles. The van der Waals surface area contributed by atoms with Crippen LogP contribution in [0.4, 0.5) is 0 Å². The molecule has 2 aliphatic rings. The van der Waals surface area contributed by atoms with Crippen LogP contribution in [-0.2, 0) is 19.1 Å². The lowest BCUT2D eigenvalue weighted by molar-refractivity contribution is -0.147. The summed E-state index contributed by atoms with van der Waals surface area (Å²) in [5, 5.41) is 2.99. The number of likely N-dealkylation sites (tertiary alicyclic amines) is 1. The van der Waals surface area contributed by atoms with Gasteiger partial charge in [-0.3, -0.25) is 9.59 Å². The van der Waals surface area contributed by atoms with Gasteiger partial charge in [0.25, 0.3) is 0 Å². The zero-order valence-electron chi connectivity index (χ0n) is 13.1. The molecule has 2 saturated heterocycles. The van der Waals surface area contributed by atoms with Crippen molar-refractivity contribution < 1.29 is 19.1 Å². The Bertz CT molecular complexity index is 382. The summed E-state index contributed by atoms with van der Waals surface area (Å²) in [6.45, 7) is 6.16. The summed E-state index contributed by atoms with van der Waals surface area (Å²) in [5.41, 5.74) is 0. The van der Waals surface area contributed by atoms with Crippen LogP contribution in [0.3, 0.4) is 0 Å². The number of hydrogen-bond acceptors (Lipinski definition) is 4. The summed E-state index contributed by atoms with van der Waals surface area (Å²) < 4.78 is 10.7. The molecule has 3 unspecified atom stereocenters. The van der Waals surface area contributed by atoms with Gasteiger partial charge in [0.05, 0.1) is 12.7 Å². The average Bonchev–Trinajstić information content (AvgIpc) is 2.39. The number of nitrogens with one attached hydrogen (secondary N) is 1. The first-order valence-corrected chi connectivity index (χ1v) is 7.67. The monoisotopic (exact) mass is 298 g/mol. The van der Waals surface area contributed by atoms with Gasteiger partial charge in [-0.2, -0.15) is 0 Å². The molecule has 6 heteroatoms. The third kappa shape index (κ3) is 4.17. The first kappa shape index (κ1) is 16.2. The van der Waals surface area contributed by atoms with Crippen molar-refractivity contribution in [1.29, 1.82) is 0 Å². The van der Waals surface area contributed by atoms with Crippen molar-refractivity contribution in [3.8, 4) is 0 Å². The van der Waals surface area contributed by atoms with Crippen molar-refractivity contribution in [2.75, 3.05) is 33.4 Å². The molecule has 0 bridgehead atoms. The quantitative estimate of drug-likeness (QED) is 0.798. The molecule has 0 radical (unpaired) electrons. The van der Waals surface area contributed by atoms with Crippen LogP contribution in [0, 0.1) is 11.8 Å².